The van der Waals surface area contributed by atoms with Gasteiger partial charge in [0.05, 0.1) is 10.0 Å². The molecule has 1 aliphatic carbocycles. The Morgan fingerprint density at radius 1 is 1.06 bits per heavy atom. The molecule has 0 aliphatic heterocycles. The molecular weight excluding hydrogens is 265 g/mol. The summed E-state index contributed by atoms with van der Waals surface area (Å²) in [4.78, 5) is 0. The molecule has 1 nitrogen and oxygen atoms in total. The van der Waals surface area contributed by atoms with Gasteiger partial charge in [-0.2, -0.15) is 0 Å². The van der Waals surface area contributed by atoms with E-state index in [0.717, 1.165) is 18.0 Å². The Kier molecular flexibility index (Phi) is 5.35. The van der Waals surface area contributed by atoms with Gasteiger partial charge in [-0.25, -0.2) is 0 Å². The highest BCUT2D eigenvalue weighted by Gasteiger charge is 2.23. The van der Waals surface area contributed by atoms with Crippen LogP contribution in [0.15, 0.2) is 18.2 Å². The van der Waals surface area contributed by atoms with Crippen LogP contribution in [0.1, 0.15) is 37.7 Å². The molecule has 100 valence electrons. The van der Waals surface area contributed by atoms with Crippen LogP contribution in [0.4, 0.5) is 0 Å². The molecule has 0 bridgehead atoms. The predicted octanol–water partition coefficient (Wildman–Crippen LogP) is 4.69. The van der Waals surface area contributed by atoms with Crippen LogP contribution in [0.5, 0.6) is 0 Å². The lowest BCUT2D eigenvalue weighted by Gasteiger charge is -2.24. The third-order valence-corrected chi connectivity index (χ3v) is 4.99. The number of hydrogen-bond acceptors (Lipinski definition) is 1. The summed E-state index contributed by atoms with van der Waals surface area (Å²) in [5, 5.41) is 1.38. The lowest BCUT2D eigenvalue weighted by molar-refractivity contribution is 0.318. The summed E-state index contributed by atoms with van der Waals surface area (Å²) >= 11 is 12.4. The van der Waals surface area contributed by atoms with E-state index in [0.29, 0.717) is 16.9 Å². The van der Waals surface area contributed by atoms with E-state index in [2.05, 4.69) is 6.07 Å². The second kappa shape index (κ2) is 6.79. The number of nitrogens with two attached hydrogens (primary N) is 1. The van der Waals surface area contributed by atoms with Gasteiger partial charge in [0.25, 0.3) is 0 Å². The van der Waals surface area contributed by atoms with Crippen LogP contribution >= 0.6 is 23.2 Å². The zero-order valence-electron chi connectivity index (χ0n) is 10.7. The molecule has 0 spiro atoms. The summed E-state index contributed by atoms with van der Waals surface area (Å²) in [5.74, 6) is 1.30. The van der Waals surface area contributed by atoms with Gasteiger partial charge in [-0.05, 0) is 49.3 Å². The molecule has 1 saturated carbocycles. The molecule has 3 heteroatoms. The minimum absolute atomic E-state index is 0.641. The maximum atomic E-state index is 6.28. The Hall–Kier alpha value is -0.240. The van der Waals surface area contributed by atoms with Crippen molar-refractivity contribution >= 4 is 23.2 Å². The Labute approximate surface area is 120 Å². The summed E-state index contributed by atoms with van der Waals surface area (Å²) in [6.07, 6.45) is 7.53. The summed E-state index contributed by atoms with van der Waals surface area (Å²) in [7, 11) is 0. The van der Waals surface area contributed by atoms with E-state index in [9.17, 15) is 0 Å². The number of benzene rings is 1. The minimum Gasteiger partial charge on any atom is -0.330 e. The first-order chi connectivity index (χ1) is 8.72. The molecule has 2 N–H and O–H groups in total. The summed E-state index contributed by atoms with van der Waals surface area (Å²) in [5.41, 5.74) is 7.10. The molecule has 0 aromatic heterocycles. The molecule has 0 amide bonds. The van der Waals surface area contributed by atoms with Crippen LogP contribution in [0.25, 0.3) is 0 Å². The predicted molar refractivity (Wildman–Crippen MR) is 79.3 cm³/mol. The molecule has 0 heterocycles. The van der Waals surface area contributed by atoms with Crippen LogP contribution in [-0.2, 0) is 6.42 Å². The first-order valence-corrected chi connectivity index (χ1v) is 7.61. The fourth-order valence-electron chi connectivity index (χ4n) is 3.03. The van der Waals surface area contributed by atoms with Crippen molar-refractivity contribution in [1.29, 1.82) is 0 Å². The van der Waals surface area contributed by atoms with Crippen molar-refractivity contribution in [3.8, 4) is 0 Å². The van der Waals surface area contributed by atoms with Crippen LogP contribution in [0.3, 0.4) is 0 Å². The van der Waals surface area contributed by atoms with E-state index in [4.69, 9.17) is 28.9 Å². The standard InChI is InChI=1S/C15H21Cl2N/c16-14-8-4-7-12(15(14)17)9-11-5-2-1-3-6-13(11)10-18/h4,7-8,11,13H,1-3,5-6,9-10,18H2. The SMILES string of the molecule is NCC1CCCCCC1Cc1cccc(Cl)c1Cl. The maximum absolute atomic E-state index is 6.28. The van der Waals surface area contributed by atoms with Crippen molar-refractivity contribution in [2.24, 2.45) is 17.6 Å². The largest absolute Gasteiger partial charge is 0.330 e. The van der Waals surface area contributed by atoms with Crippen molar-refractivity contribution in [3.63, 3.8) is 0 Å². The molecule has 1 aromatic carbocycles. The van der Waals surface area contributed by atoms with Crippen LogP contribution in [0.2, 0.25) is 10.0 Å². The second-order valence-electron chi connectivity index (χ2n) is 5.31. The van der Waals surface area contributed by atoms with E-state index in [1.165, 1.54) is 37.7 Å². The zero-order chi connectivity index (χ0) is 13.0. The molecule has 1 fully saturated rings. The third kappa shape index (κ3) is 3.40. The Bertz CT molecular complexity index is 392. The van der Waals surface area contributed by atoms with Gasteiger partial charge in [0.1, 0.15) is 0 Å². The Morgan fingerprint density at radius 3 is 2.50 bits per heavy atom. The van der Waals surface area contributed by atoms with E-state index in [-0.39, 0.29) is 0 Å². The fraction of sp³-hybridized carbons (Fsp3) is 0.600. The van der Waals surface area contributed by atoms with E-state index in [1.807, 2.05) is 12.1 Å². The lowest BCUT2D eigenvalue weighted by atomic mass is 9.83. The molecular formula is C15H21Cl2N. The smallest absolute Gasteiger partial charge is 0.0624 e. The molecule has 2 atom stereocenters. The van der Waals surface area contributed by atoms with Crippen molar-refractivity contribution in [3.05, 3.63) is 33.8 Å². The quantitative estimate of drug-likeness (QED) is 0.801. The maximum Gasteiger partial charge on any atom is 0.0624 e. The normalized spacial score (nSPS) is 24.8. The molecule has 2 unspecified atom stereocenters. The van der Waals surface area contributed by atoms with Gasteiger partial charge in [0.2, 0.25) is 0 Å². The van der Waals surface area contributed by atoms with Gasteiger partial charge in [-0.1, -0.05) is 54.6 Å². The van der Waals surface area contributed by atoms with Crippen molar-refractivity contribution in [2.45, 2.75) is 38.5 Å². The molecule has 1 aliphatic rings. The Balaban J connectivity index is 2.12. The van der Waals surface area contributed by atoms with Gasteiger partial charge < -0.3 is 5.73 Å². The highest BCUT2D eigenvalue weighted by atomic mass is 35.5. The summed E-state index contributed by atoms with van der Waals surface area (Å²) < 4.78 is 0. The molecule has 2 rings (SSSR count). The van der Waals surface area contributed by atoms with Crippen molar-refractivity contribution in [2.75, 3.05) is 6.54 Å². The van der Waals surface area contributed by atoms with Crippen LogP contribution in [-0.4, -0.2) is 6.54 Å². The van der Waals surface area contributed by atoms with Crippen molar-refractivity contribution in [1.82, 2.24) is 0 Å². The summed E-state index contributed by atoms with van der Waals surface area (Å²) in [6.45, 7) is 0.794. The van der Waals surface area contributed by atoms with Crippen LogP contribution < -0.4 is 5.73 Å². The molecule has 0 saturated heterocycles. The van der Waals surface area contributed by atoms with Gasteiger partial charge >= 0.3 is 0 Å². The lowest BCUT2D eigenvalue weighted by Crippen LogP contribution is -2.24. The third-order valence-electron chi connectivity index (χ3n) is 4.13. The average Bonchev–Trinajstić information content (AvgIpc) is 2.60. The monoisotopic (exact) mass is 285 g/mol. The summed E-state index contributed by atoms with van der Waals surface area (Å²) in [6, 6.07) is 5.92. The highest BCUT2D eigenvalue weighted by Crippen LogP contribution is 2.34. The number of rotatable bonds is 3. The fourth-order valence-corrected chi connectivity index (χ4v) is 3.43. The van der Waals surface area contributed by atoms with E-state index >= 15 is 0 Å². The second-order valence-corrected chi connectivity index (χ2v) is 6.10. The van der Waals surface area contributed by atoms with E-state index < -0.39 is 0 Å². The van der Waals surface area contributed by atoms with E-state index in [1.54, 1.807) is 0 Å². The minimum atomic E-state index is 0.641. The first-order valence-electron chi connectivity index (χ1n) is 6.85. The number of halogens is 2. The van der Waals surface area contributed by atoms with Gasteiger partial charge in [-0.15, -0.1) is 0 Å². The molecule has 1 aromatic rings. The molecule has 0 radical (unpaired) electrons. The van der Waals surface area contributed by atoms with Crippen molar-refractivity contribution < 1.29 is 0 Å². The number of hydrogen-bond donors (Lipinski definition) is 1. The zero-order valence-corrected chi connectivity index (χ0v) is 12.2. The van der Waals surface area contributed by atoms with Crippen LogP contribution in [0, 0.1) is 11.8 Å². The van der Waals surface area contributed by atoms with Gasteiger partial charge in [0, 0.05) is 0 Å². The molecule has 18 heavy (non-hydrogen) atoms. The topological polar surface area (TPSA) is 26.0 Å². The average molecular weight is 286 g/mol. The van der Waals surface area contributed by atoms with Gasteiger partial charge in [-0.3, -0.25) is 0 Å². The highest BCUT2D eigenvalue weighted by molar-refractivity contribution is 6.42. The Morgan fingerprint density at radius 2 is 1.78 bits per heavy atom. The first kappa shape index (κ1) is 14.2. The van der Waals surface area contributed by atoms with Gasteiger partial charge in [0.15, 0.2) is 0 Å².